The summed E-state index contributed by atoms with van der Waals surface area (Å²) in [5.41, 5.74) is 0. The topological polar surface area (TPSA) is 120 Å². The van der Waals surface area contributed by atoms with Crippen LogP contribution >= 0.6 is 7.82 Å². The van der Waals surface area contributed by atoms with Crippen LogP contribution in [0.2, 0.25) is 0 Å². The van der Waals surface area contributed by atoms with Crippen LogP contribution in [-0.2, 0) is 32.7 Å². The van der Waals surface area contributed by atoms with Crippen molar-refractivity contribution in [1.29, 1.82) is 0 Å². The predicted octanol–water partition coefficient (Wildman–Crippen LogP) is 3.49. The third-order valence-corrected chi connectivity index (χ3v) is 5.67. The summed E-state index contributed by atoms with van der Waals surface area (Å²) in [6.07, 6.45) is 6.60. The van der Waals surface area contributed by atoms with E-state index >= 15 is 0 Å². The molecule has 10 heteroatoms. The van der Waals surface area contributed by atoms with Gasteiger partial charge in [0, 0.05) is 18.9 Å². The van der Waals surface area contributed by atoms with Crippen LogP contribution in [-0.4, -0.2) is 55.3 Å². The maximum Gasteiger partial charge on any atom is 0.472 e. The molecule has 0 radical (unpaired) electrons. The van der Waals surface area contributed by atoms with Crippen molar-refractivity contribution < 1.29 is 37.6 Å². The van der Waals surface area contributed by atoms with Crippen molar-refractivity contribution in [2.24, 2.45) is 0 Å². The van der Waals surface area contributed by atoms with Crippen molar-refractivity contribution in [1.82, 2.24) is 5.32 Å². The summed E-state index contributed by atoms with van der Waals surface area (Å²) >= 11 is 0. The van der Waals surface area contributed by atoms with Gasteiger partial charge in [-0.1, -0.05) is 39.5 Å². The second-order valence-electron chi connectivity index (χ2n) is 7.56. The zero-order valence-electron chi connectivity index (χ0n) is 18.3. The number of nitrogens with one attached hydrogen (secondary N) is 1. The summed E-state index contributed by atoms with van der Waals surface area (Å²) in [6.45, 7) is 4.35. The van der Waals surface area contributed by atoms with Crippen molar-refractivity contribution in [3.63, 3.8) is 0 Å². The Hall–Kier alpha value is -0.990. The molecule has 1 fully saturated rings. The lowest BCUT2D eigenvalue weighted by Gasteiger charge is -2.20. The van der Waals surface area contributed by atoms with E-state index in [1.807, 2.05) is 13.8 Å². The van der Waals surface area contributed by atoms with Crippen molar-refractivity contribution in [3.8, 4) is 0 Å². The zero-order chi connectivity index (χ0) is 22.2. The van der Waals surface area contributed by atoms with Crippen LogP contribution < -0.4 is 5.32 Å². The molecule has 0 amide bonds. The first kappa shape index (κ1) is 27.0. The first-order valence-corrected chi connectivity index (χ1v) is 12.6. The Labute approximate surface area is 179 Å². The molecule has 0 aliphatic carbocycles. The molecule has 1 heterocycles. The average Bonchev–Trinajstić information content (AvgIpc) is 3.23. The molecule has 1 aliphatic heterocycles. The summed E-state index contributed by atoms with van der Waals surface area (Å²) < 4.78 is 32.6. The summed E-state index contributed by atoms with van der Waals surface area (Å²) in [5.74, 6) is -0.853. The van der Waals surface area contributed by atoms with Crippen molar-refractivity contribution in [2.75, 3.05) is 26.4 Å². The highest BCUT2D eigenvalue weighted by Crippen LogP contribution is 2.43. The second kappa shape index (κ2) is 15.8. The number of hydrogen-bond donors (Lipinski definition) is 2. The maximum atomic E-state index is 12.1. The molecule has 0 aromatic carbocycles. The van der Waals surface area contributed by atoms with Gasteiger partial charge in [0.2, 0.25) is 0 Å². The van der Waals surface area contributed by atoms with E-state index < -0.39 is 32.5 Å². The molecule has 1 rings (SSSR count). The van der Waals surface area contributed by atoms with Crippen LogP contribution in [0.3, 0.4) is 0 Å². The molecule has 176 valence electrons. The molecule has 1 aliphatic rings. The Morgan fingerprint density at radius 2 is 1.70 bits per heavy atom. The second-order valence-corrected chi connectivity index (χ2v) is 9.02. The maximum absolute atomic E-state index is 12.1. The lowest BCUT2D eigenvalue weighted by molar-refractivity contribution is -0.161. The Balaban J connectivity index is 2.47. The highest BCUT2D eigenvalue weighted by atomic mass is 31.2. The summed E-state index contributed by atoms with van der Waals surface area (Å²) in [6, 6.07) is 0.0188. The number of carbonyl (C=O) groups is 2. The highest BCUT2D eigenvalue weighted by Gasteiger charge is 2.28. The minimum absolute atomic E-state index is 0.0188. The first-order valence-electron chi connectivity index (χ1n) is 11.1. The van der Waals surface area contributed by atoms with Gasteiger partial charge in [-0.2, -0.15) is 0 Å². The number of rotatable bonds is 17. The van der Waals surface area contributed by atoms with Crippen LogP contribution in [0.25, 0.3) is 0 Å². The molecule has 9 nitrogen and oxygen atoms in total. The van der Waals surface area contributed by atoms with Crippen LogP contribution in [0, 0.1) is 0 Å². The monoisotopic (exact) mass is 451 g/mol. The minimum Gasteiger partial charge on any atom is -0.462 e. The molecule has 30 heavy (non-hydrogen) atoms. The lowest BCUT2D eigenvalue weighted by atomic mass is 10.2. The van der Waals surface area contributed by atoms with Gasteiger partial charge >= 0.3 is 19.8 Å². The van der Waals surface area contributed by atoms with Crippen molar-refractivity contribution in [3.05, 3.63) is 0 Å². The Kier molecular flexibility index (Phi) is 14.2. The van der Waals surface area contributed by atoms with Crippen molar-refractivity contribution >= 4 is 19.8 Å². The number of phosphoric acid groups is 1. The molecule has 0 spiro atoms. The van der Waals surface area contributed by atoms with E-state index in [0.29, 0.717) is 6.42 Å². The van der Waals surface area contributed by atoms with Crippen LogP contribution in [0.1, 0.15) is 78.1 Å². The van der Waals surface area contributed by atoms with Gasteiger partial charge in [-0.15, -0.1) is 0 Å². The number of carbonyl (C=O) groups excluding carboxylic acids is 2. The Bertz CT molecular complexity index is 539. The van der Waals surface area contributed by atoms with Crippen LogP contribution in [0.15, 0.2) is 0 Å². The molecular weight excluding hydrogens is 413 g/mol. The van der Waals surface area contributed by atoms with Gasteiger partial charge < -0.3 is 19.7 Å². The van der Waals surface area contributed by atoms with Crippen LogP contribution in [0.5, 0.6) is 0 Å². The number of ether oxygens (including phenoxy) is 2. The van der Waals surface area contributed by atoms with Crippen LogP contribution in [0.4, 0.5) is 0 Å². The smallest absolute Gasteiger partial charge is 0.462 e. The van der Waals surface area contributed by atoms with Gasteiger partial charge in [0.15, 0.2) is 6.10 Å². The number of esters is 2. The molecule has 3 atom stereocenters. The third kappa shape index (κ3) is 13.3. The minimum atomic E-state index is -4.31. The Morgan fingerprint density at radius 1 is 1.03 bits per heavy atom. The summed E-state index contributed by atoms with van der Waals surface area (Å²) in [5, 5.41) is 3.16. The molecule has 1 saturated heterocycles. The summed E-state index contributed by atoms with van der Waals surface area (Å²) in [4.78, 5) is 33.7. The van der Waals surface area contributed by atoms with Gasteiger partial charge in [-0.25, -0.2) is 4.57 Å². The fourth-order valence-electron chi connectivity index (χ4n) is 2.96. The van der Waals surface area contributed by atoms with E-state index in [9.17, 15) is 19.0 Å². The van der Waals surface area contributed by atoms with E-state index in [1.165, 1.54) is 0 Å². The highest BCUT2D eigenvalue weighted by molar-refractivity contribution is 7.47. The van der Waals surface area contributed by atoms with E-state index in [2.05, 4.69) is 5.32 Å². The Morgan fingerprint density at radius 3 is 2.30 bits per heavy atom. The van der Waals surface area contributed by atoms with Gasteiger partial charge in [0.25, 0.3) is 0 Å². The first-order chi connectivity index (χ1) is 14.4. The molecule has 0 bridgehead atoms. The lowest BCUT2D eigenvalue weighted by Crippen LogP contribution is -2.30. The molecule has 2 N–H and O–H groups in total. The molecule has 0 aromatic heterocycles. The quantitative estimate of drug-likeness (QED) is 0.194. The molecule has 0 aromatic rings. The summed E-state index contributed by atoms with van der Waals surface area (Å²) in [7, 11) is -4.31. The van der Waals surface area contributed by atoms with Gasteiger partial charge in [-0.05, 0) is 32.2 Å². The third-order valence-electron chi connectivity index (χ3n) is 4.72. The average molecular weight is 451 g/mol. The largest absolute Gasteiger partial charge is 0.472 e. The number of hydrogen-bond acceptors (Lipinski definition) is 8. The zero-order valence-corrected chi connectivity index (χ0v) is 19.2. The SMILES string of the molecule is CCCCCC(=O)OC[C@H](COP(=O)(O)OC[C@@H]1CCCN1)OC(=O)CCCCC. The predicted molar refractivity (Wildman–Crippen MR) is 112 cm³/mol. The van der Waals surface area contributed by atoms with Gasteiger partial charge in [-0.3, -0.25) is 18.6 Å². The fraction of sp³-hybridized carbons (Fsp3) is 0.900. The van der Waals surface area contributed by atoms with Gasteiger partial charge in [0.05, 0.1) is 13.2 Å². The molecular formula is C20H38NO8P. The number of unbranched alkanes of at least 4 members (excludes halogenated alkanes) is 4. The standard InChI is InChI=1S/C20H38NO8P/c1-3-5-7-11-19(22)26-15-18(29-20(23)12-8-6-4-2)16-28-30(24,25)27-14-17-10-9-13-21-17/h17-18,21H,3-16H2,1-2H3,(H,24,25)/t17-,18+/m0/s1. The molecule has 0 saturated carbocycles. The van der Waals surface area contributed by atoms with E-state index in [1.54, 1.807) is 0 Å². The number of phosphoric ester groups is 1. The van der Waals surface area contributed by atoms with Gasteiger partial charge in [0.1, 0.15) is 6.61 Å². The van der Waals surface area contributed by atoms with E-state index in [0.717, 1.165) is 51.5 Å². The normalized spacial score (nSPS) is 19.2. The van der Waals surface area contributed by atoms with E-state index in [-0.39, 0.29) is 32.1 Å². The van der Waals surface area contributed by atoms with E-state index in [4.69, 9.17) is 18.5 Å². The fourth-order valence-corrected chi connectivity index (χ4v) is 3.75. The van der Waals surface area contributed by atoms with Crippen molar-refractivity contribution in [2.45, 2.75) is 90.2 Å². The molecule has 1 unspecified atom stereocenters.